The van der Waals surface area contributed by atoms with Crippen LogP contribution in [0.2, 0.25) is 0 Å². The van der Waals surface area contributed by atoms with Gasteiger partial charge < -0.3 is 20.5 Å². The second-order valence-corrected chi connectivity index (χ2v) is 5.92. The van der Waals surface area contributed by atoms with Gasteiger partial charge in [-0.25, -0.2) is 9.98 Å². The molecule has 0 aliphatic heterocycles. The molecule has 9 heteroatoms. The monoisotopic (exact) mass is 488 g/mol. The minimum atomic E-state index is -0.639. The fraction of sp³-hybridized carbons (Fsp3) is 0.500. The molecular formula is C18H29IN6O2. The van der Waals surface area contributed by atoms with E-state index in [2.05, 4.69) is 25.7 Å². The van der Waals surface area contributed by atoms with Crippen molar-refractivity contribution in [3.05, 3.63) is 48.0 Å². The maximum atomic E-state index is 10.2. The van der Waals surface area contributed by atoms with E-state index in [0.29, 0.717) is 19.0 Å². The summed E-state index contributed by atoms with van der Waals surface area (Å²) in [5.41, 5.74) is 1.09. The first-order valence-corrected chi connectivity index (χ1v) is 8.79. The molecule has 1 aromatic carbocycles. The minimum Gasteiger partial charge on any atom is -0.389 e. The van der Waals surface area contributed by atoms with E-state index >= 15 is 0 Å². The molecule has 2 unspecified atom stereocenters. The summed E-state index contributed by atoms with van der Waals surface area (Å²) in [5, 5.41) is 20.4. The number of aliphatic hydroxyl groups is 1. The molecule has 0 spiro atoms. The summed E-state index contributed by atoms with van der Waals surface area (Å²) in [6.45, 7) is 5.67. The Morgan fingerprint density at radius 3 is 2.67 bits per heavy atom. The number of aryl methyl sites for hydroxylation is 1. The number of aromatic nitrogens is 3. The lowest BCUT2D eigenvalue weighted by molar-refractivity contribution is -0.000599. The van der Waals surface area contributed by atoms with Crippen LogP contribution in [0.3, 0.4) is 0 Å². The first-order valence-electron chi connectivity index (χ1n) is 8.79. The van der Waals surface area contributed by atoms with Gasteiger partial charge in [0, 0.05) is 20.1 Å². The molecule has 0 saturated heterocycles. The Labute approximate surface area is 177 Å². The summed E-state index contributed by atoms with van der Waals surface area (Å²) >= 11 is 0. The van der Waals surface area contributed by atoms with Crippen LogP contribution in [0.25, 0.3) is 0 Å². The molecule has 0 radical (unpaired) electrons. The molecule has 2 rings (SSSR count). The highest BCUT2D eigenvalue weighted by Crippen LogP contribution is 2.15. The summed E-state index contributed by atoms with van der Waals surface area (Å²) in [6.07, 6.45) is 0.795. The first-order chi connectivity index (χ1) is 12.6. The molecule has 150 valence electrons. The molecule has 0 aliphatic rings. The lowest BCUT2D eigenvalue weighted by atomic mass is 10.1. The summed E-state index contributed by atoms with van der Waals surface area (Å²) < 4.78 is 7.43. The van der Waals surface area contributed by atoms with Crippen LogP contribution in [0.4, 0.5) is 0 Å². The number of hydrogen-bond donors (Lipinski definition) is 3. The lowest BCUT2D eigenvalue weighted by Crippen LogP contribution is -2.42. The molecule has 0 saturated carbocycles. The Hall–Kier alpha value is -1.72. The molecule has 3 N–H and O–H groups in total. The minimum absolute atomic E-state index is 0. The van der Waals surface area contributed by atoms with E-state index in [1.807, 2.05) is 51.2 Å². The number of nitrogens with zero attached hydrogens (tertiary/aromatic N) is 4. The molecule has 1 heterocycles. The highest BCUT2D eigenvalue weighted by molar-refractivity contribution is 14.0. The van der Waals surface area contributed by atoms with Crippen molar-refractivity contribution in [3.63, 3.8) is 0 Å². The van der Waals surface area contributed by atoms with E-state index in [4.69, 9.17) is 4.74 Å². The van der Waals surface area contributed by atoms with Crippen LogP contribution >= 0.6 is 24.0 Å². The molecule has 1 aromatic heterocycles. The van der Waals surface area contributed by atoms with Gasteiger partial charge in [-0.3, -0.25) is 4.68 Å². The highest BCUT2D eigenvalue weighted by Gasteiger charge is 2.10. The Balaban J connectivity index is 0.00000364. The second kappa shape index (κ2) is 12.6. The summed E-state index contributed by atoms with van der Waals surface area (Å²) in [7, 11) is 1.83. The van der Waals surface area contributed by atoms with Crippen molar-refractivity contribution in [3.8, 4) is 0 Å². The molecule has 27 heavy (non-hydrogen) atoms. The number of ether oxygens (including phenoxy) is 1. The van der Waals surface area contributed by atoms with E-state index in [-0.39, 0.29) is 36.7 Å². The SMILES string of the molecule is CCNC(=NCc1ncnn1C)NCC(O)COC(C)c1ccccc1.I. The zero-order chi connectivity index (χ0) is 18.8. The zero-order valence-corrected chi connectivity index (χ0v) is 18.3. The number of halogens is 1. The predicted octanol–water partition coefficient (Wildman–Crippen LogP) is 1.63. The van der Waals surface area contributed by atoms with Crippen molar-refractivity contribution in [2.75, 3.05) is 19.7 Å². The van der Waals surface area contributed by atoms with Gasteiger partial charge in [-0.2, -0.15) is 5.10 Å². The number of aliphatic imine (C=N–C) groups is 1. The van der Waals surface area contributed by atoms with Crippen LogP contribution in [-0.4, -0.2) is 51.6 Å². The third kappa shape index (κ3) is 8.22. The van der Waals surface area contributed by atoms with Gasteiger partial charge in [0.05, 0.1) is 18.8 Å². The summed E-state index contributed by atoms with van der Waals surface area (Å²) in [4.78, 5) is 8.59. The Bertz CT molecular complexity index is 680. The van der Waals surface area contributed by atoms with E-state index in [1.165, 1.54) is 6.33 Å². The smallest absolute Gasteiger partial charge is 0.191 e. The van der Waals surface area contributed by atoms with Crippen molar-refractivity contribution in [1.29, 1.82) is 0 Å². The number of guanidine groups is 1. The Kier molecular flexibility index (Phi) is 10.9. The van der Waals surface area contributed by atoms with Gasteiger partial charge in [0.15, 0.2) is 5.96 Å². The van der Waals surface area contributed by atoms with Crippen LogP contribution in [0.1, 0.15) is 31.3 Å². The average molecular weight is 488 g/mol. The fourth-order valence-corrected chi connectivity index (χ4v) is 2.30. The largest absolute Gasteiger partial charge is 0.389 e. The molecule has 8 nitrogen and oxygen atoms in total. The van der Waals surface area contributed by atoms with Gasteiger partial charge >= 0.3 is 0 Å². The third-order valence-corrected chi connectivity index (χ3v) is 3.84. The normalized spacial score (nSPS) is 13.6. The number of rotatable bonds is 9. The van der Waals surface area contributed by atoms with Gasteiger partial charge in [-0.15, -0.1) is 24.0 Å². The molecule has 2 aromatic rings. The zero-order valence-electron chi connectivity index (χ0n) is 16.0. The number of benzene rings is 1. The van der Waals surface area contributed by atoms with Crippen LogP contribution in [-0.2, 0) is 18.3 Å². The topological polar surface area (TPSA) is 96.6 Å². The predicted molar refractivity (Wildman–Crippen MR) is 116 cm³/mol. The maximum Gasteiger partial charge on any atom is 0.191 e. The average Bonchev–Trinajstić information content (AvgIpc) is 3.07. The Morgan fingerprint density at radius 2 is 2.04 bits per heavy atom. The van der Waals surface area contributed by atoms with Gasteiger partial charge in [0.25, 0.3) is 0 Å². The molecule has 0 fully saturated rings. The lowest BCUT2D eigenvalue weighted by Gasteiger charge is -2.18. The summed E-state index contributed by atoms with van der Waals surface area (Å²) in [6, 6.07) is 9.94. The van der Waals surface area contributed by atoms with Gasteiger partial charge in [0.2, 0.25) is 0 Å². The van der Waals surface area contributed by atoms with E-state index in [9.17, 15) is 5.11 Å². The van der Waals surface area contributed by atoms with Gasteiger partial charge in [-0.1, -0.05) is 30.3 Å². The van der Waals surface area contributed by atoms with Crippen molar-refractivity contribution in [1.82, 2.24) is 25.4 Å². The van der Waals surface area contributed by atoms with Crippen LogP contribution < -0.4 is 10.6 Å². The molecule has 0 aliphatic carbocycles. The van der Waals surface area contributed by atoms with Crippen molar-refractivity contribution >= 4 is 29.9 Å². The van der Waals surface area contributed by atoms with Crippen LogP contribution in [0.5, 0.6) is 0 Å². The van der Waals surface area contributed by atoms with E-state index < -0.39 is 6.10 Å². The van der Waals surface area contributed by atoms with Crippen molar-refractivity contribution in [2.24, 2.45) is 12.0 Å². The number of nitrogens with one attached hydrogen (secondary N) is 2. The maximum absolute atomic E-state index is 10.2. The standard InChI is InChI=1S/C18H28N6O2.HI/c1-4-19-18(21-11-17-22-13-23-24(17)3)20-10-16(25)12-26-14(2)15-8-6-5-7-9-15;/h5-9,13-14,16,25H,4,10-12H2,1-3H3,(H2,19,20,21);1H. The third-order valence-electron chi connectivity index (χ3n) is 3.84. The van der Waals surface area contributed by atoms with E-state index in [0.717, 1.165) is 17.9 Å². The summed E-state index contributed by atoms with van der Waals surface area (Å²) in [5.74, 6) is 1.38. The second-order valence-electron chi connectivity index (χ2n) is 5.92. The van der Waals surface area contributed by atoms with Crippen molar-refractivity contribution < 1.29 is 9.84 Å². The van der Waals surface area contributed by atoms with Crippen LogP contribution in [0, 0.1) is 0 Å². The molecule has 0 amide bonds. The van der Waals surface area contributed by atoms with Crippen LogP contribution in [0.15, 0.2) is 41.7 Å². The molecule has 2 atom stereocenters. The van der Waals surface area contributed by atoms with Crippen molar-refractivity contribution in [2.45, 2.75) is 32.6 Å². The highest BCUT2D eigenvalue weighted by atomic mass is 127. The molecular weight excluding hydrogens is 459 g/mol. The first kappa shape index (κ1) is 23.3. The van der Waals surface area contributed by atoms with E-state index in [1.54, 1.807) is 4.68 Å². The quantitative estimate of drug-likeness (QED) is 0.282. The number of hydrogen-bond acceptors (Lipinski definition) is 5. The van der Waals surface area contributed by atoms with Gasteiger partial charge in [0.1, 0.15) is 18.7 Å². The fourth-order valence-electron chi connectivity index (χ4n) is 2.30. The van der Waals surface area contributed by atoms with Gasteiger partial charge in [-0.05, 0) is 19.4 Å². The Morgan fingerprint density at radius 1 is 1.30 bits per heavy atom. The number of aliphatic hydroxyl groups excluding tert-OH is 1. The molecule has 0 bridgehead atoms.